The molecule has 1 aliphatic rings. The topological polar surface area (TPSA) is 76.3 Å². The van der Waals surface area contributed by atoms with Gasteiger partial charge in [-0.25, -0.2) is 4.99 Å². The first-order chi connectivity index (χ1) is 15.9. The van der Waals surface area contributed by atoms with Crippen LogP contribution < -0.4 is 9.99 Å². The van der Waals surface area contributed by atoms with Gasteiger partial charge >= 0.3 is 0 Å². The van der Waals surface area contributed by atoms with Gasteiger partial charge in [-0.3, -0.25) is 18.5 Å². The zero-order chi connectivity index (χ0) is 25.1. The fraction of sp³-hybridized carbons (Fsp3) is 0.630. The summed E-state index contributed by atoms with van der Waals surface area (Å²) in [6.45, 7) is 15.2. The number of hydrogen-bond donors (Lipinski definition) is 1. The summed E-state index contributed by atoms with van der Waals surface area (Å²) in [6, 6.07) is 3.79. The molecule has 3 rings (SSSR count). The first-order valence-electron chi connectivity index (χ1n) is 12.4. The number of unbranched alkanes of at least 4 members (excludes halogenated alkanes) is 1. The Morgan fingerprint density at radius 2 is 1.91 bits per heavy atom. The van der Waals surface area contributed by atoms with Crippen LogP contribution in [0, 0.1) is 16.7 Å². The molecule has 2 atom stereocenters. The average molecular weight is 485 g/mol. The SMILES string of the molecule is CCCCc1cn(C(C)(C)C)sc1=NC(=O)[C@]1(C)CC[C@H](C(=O)NCc2ccncc2)C1(C)C. The molecule has 34 heavy (non-hydrogen) atoms. The van der Waals surface area contributed by atoms with Gasteiger partial charge in [0, 0.05) is 42.2 Å². The molecule has 1 fully saturated rings. The minimum absolute atomic E-state index is 0.00340. The predicted octanol–water partition coefficient (Wildman–Crippen LogP) is 5.23. The van der Waals surface area contributed by atoms with E-state index < -0.39 is 10.8 Å². The van der Waals surface area contributed by atoms with Crippen LogP contribution in [0.2, 0.25) is 0 Å². The van der Waals surface area contributed by atoms with Crippen molar-refractivity contribution in [3.05, 3.63) is 46.5 Å². The summed E-state index contributed by atoms with van der Waals surface area (Å²) in [5.41, 5.74) is 0.899. The molecule has 0 radical (unpaired) electrons. The van der Waals surface area contributed by atoms with Gasteiger partial charge in [-0.05, 0) is 81.1 Å². The largest absolute Gasteiger partial charge is 0.352 e. The Balaban J connectivity index is 1.84. The molecule has 1 saturated carbocycles. The van der Waals surface area contributed by atoms with Crippen molar-refractivity contribution < 1.29 is 9.59 Å². The Hall–Kier alpha value is -2.28. The molecule has 0 saturated heterocycles. The lowest BCUT2D eigenvalue weighted by molar-refractivity contribution is -0.136. The lowest BCUT2D eigenvalue weighted by Gasteiger charge is -2.38. The summed E-state index contributed by atoms with van der Waals surface area (Å²) < 4.78 is 3.01. The zero-order valence-electron chi connectivity index (χ0n) is 21.8. The molecule has 6 nitrogen and oxygen atoms in total. The molecule has 1 aliphatic carbocycles. The van der Waals surface area contributed by atoms with Gasteiger partial charge in [0.05, 0.1) is 5.41 Å². The molecule has 0 aliphatic heterocycles. The number of carbonyl (C=O) groups is 2. The van der Waals surface area contributed by atoms with Crippen molar-refractivity contribution >= 4 is 23.3 Å². The van der Waals surface area contributed by atoms with Crippen LogP contribution in [0.25, 0.3) is 0 Å². The number of carbonyl (C=O) groups excluding carboxylic acids is 2. The van der Waals surface area contributed by atoms with Gasteiger partial charge in [-0.2, -0.15) is 0 Å². The van der Waals surface area contributed by atoms with Gasteiger partial charge in [0.2, 0.25) is 5.91 Å². The Labute approximate surface area is 208 Å². The number of nitrogens with zero attached hydrogens (tertiary/aromatic N) is 3. The minimum Gasteiger partial charge on any atom is -0.352 e. The molecule has 1 N–H and O–H groups in total. The van der Waals surface area contributed by atoms with Crippen LogP contribution in [0.5, 0.6) is 0 Å². The van der Waals surface area contributed by atoms with E-state index in [0.29, 0.717) is 19.4 Å². The van der Waals surface area contributed by atoms with E-state index in [0.717, 1.165) is 35.1 Å². The van der Waals surface area contributed by atoms with Crippen LogP contribution >= 0.6 is 11.5 Å². The molecule has 186 valence electrons. The number of rotatable bonds is 7. The van der Waals surface area contributed by atoms with E-state index in [1.807, 2.05) is 32.9 Å². The summed E-state index contributed by atoms with van der Waals surface area (Å²) >= 11 is 1.56. The lowest BCUT2D eigenvalue weighted by atomic mass is 9.65. The quantitative estimate of drug-likeness (QED) is 0.585. The van der Waals surface area contributed by atoms with Crippen LogP contribution in [0.3, 0.4) is 0 Å². The van der Waals surface area contributed by atoms with Crippen molar-refractivity contribution in [3.63, 3.8) is 0 Å². The maximum Gasteiger partial charge on any atom is 0.253 e. The number of amides is 2. The van der Waals surface area contributed by atoms with Crippen LogP contribution in [0.4, 0.5) is 0 Å². The van der Waals surface area contributed by atoms with Gasteiger partial charge in [0.25, 0.3) is 5.91 Å². The molecular weight excluding hydrogens is 444 g/mol. The first-order valence-corrected chi connectivity index (χ1v) is 13.2. The molecule has 2 amide bonds. The lowest BCUT2D eigenvalue weighted by Crippen LogP contribution is -2.45. The van der Waals surface area contributed by atoms with E-state index in [1.165, 1.54) is 0 Å². The van der Waals surface area contributed by atoms with E-state index >= 15 is 0 Å². The number of nitrogens with one attached hydrogen (secondary N) is 1. The van der Waals surface area contributed by atoms with Crippen LogP contribution in [0.1, 0.15) is 85.3 Å². The molecule has 2 aromatic rings. The second-order valence-electron chi connectivity index (χ2n) is 11.3. The smallest absolute Gasteiger partial charge is 0.253 e. The molecule has 7 heteroatoms. The molecule has 0 unspecified atom stereocenters. The molecule has 2 heterocycles. The highest BCUT2D eigenvalue weighted by atomic mass is 32.1. The number of aromatic nitrogens is 2. The second kappa shape index (κ2) is 10.1. The molecular formula is C27H40N4O2S. The monoisotopic (exact) mass is 484 g/mol. The summed E-state index contributed by atoms with van der Waals surface area (Å²) in [6.07, 6.45) is 10.0. The van der Waals surface area contributed by atoms with E-state index in [-0.39, 0.29) is 23.3 Å². The van der Waals surface area contributed by atoms with Gasteiger partial charge in [0.15, 0.2) is 0 Å². The number of pyridine rings is 1. The third-order valence-corrected chi connectivity index (χ3v) is 9.00. The number of aryl methyl sites for hydroxylation is 1. The fourth-order valence-electron chi connectivity index (χ4n) is 4.71. The van der Waals surface area contributed by atoms with Crippen LogP contribution in [0.15, 0.2) is 35.7 Å². The second-order valence-corrected chi connectivity index (χ2v) is 12.2. The normalized spacial score (nSPS) is 22.7. The summed E-state index contributed by atoms with van der Waals surface area (Å²) in [5, 5.41) is 3.07. The van der Waals surface area contributed by atoms with Crippen molar-refractivity contribution in [2.45, 2.75) is 92.7 Å². The maximum absolute atomic E-state index is 13.7. The highest BCUT2D eigenvalue weighted by Gasteiger charge is 2.58. The molecule has 0 bridgehead atoms. The van der Waals surface area contributed by atoms with Gasteiger partial charge in [-0.1, -0.05) is 34.1 Å². The third-order valence-electron chi connectivity index (χ3n) is 7.63. The molecule has 0 spiro atoms. The van der Waals surface area contributed by atoms with Gasteiger partial charge in [0.1, 0.15) is 4.67 Å². The zero-order valence-corrected chi connectivity index (χ0v) is 22.6. The first kappa shape index (κ1) is 26.3. The van der Waals surface area contributed by atoms with Crippen molar-refractivity contribution in [1.82, 2.24) is 14.3 Å². The molecule has 0 aromatic carbocycles. The van der Waals surface area contributed by atoms with Crippen molar-refractivity contribution in [3.8, 4) is 0 Å². The Morgan fingerprint density at radius 3 is 2.53 bits per heavy atom. The van der Waals surface area contributed by atoms with E-state index in [4.69, 9.17) is 4.99 Å². The highest BCUT2D eigenvalue weighted by Crippen LogP contribution is 2.56. The summed E-state index contributed by atoms with van der Waals surface area (Å²) in [4.78, 5) is 35.5. The van der Waals surface area contributed by atoms with Crippen molar-refractivity contribution in [1.29, 1.82) is 0 Å². The standard InChI is InChI=1S/C27H40N4O2S/c1-8-9-10-20-18-31(25(2,3)4)34-23(20)30-24(33)27(7)14-11-21(26(27,5)6)22(32)29-17-19-12-15-28-16-13-19/h12-13,15-16,18,21H,8-11,14,17H2,1-7H3,(H,29,32)/t21-,27+/m1/s1. The average Bonchev–Trinajstić information content (AvgIpc) is 3.29. The van der Waals surface area contributed by atoms with Crippen LogP contribution in [-0.4, -0.2) is 20.8 Å². The third kappa shape index (κ3) is 5.35. The van der Waals surface area contributed by atoms with Gasteiger partial charge < -0.3 is 5.32 Å². The summed E-state index contributed by atoms with van der Waals surface area (Å²) in [7, 11) is 0. The van der Waals surface area contributed by atoms with Crippen molar-refractivity contribution in [2.24, 2.45) is 21.7 Å². The maximum atomic E-state index is 13.7. The minimum atomic E-state index is -0.690. The predicted molar refractivity (Wildman–Crippen MR) is 137 cm³/mol. The van der Waals surface area contributed by atoms with E-state index in [1.54, 1.807) is 23.9 Å². The molecule has 2 aromatic heterocycles. The Morgan fingerprint density at radius 1 is 1.24 bits per heavy atom. The highest BCUT2D eigenvalue weighted by molar-refractivity contribution is 7.04. The Kier molecular flexibility index (Phi) is 7.85. The van der Waals surface area contributed by atoms with E-state index in [9.17, 15) is 9.59 Å². The van der Waals surface area contributed by atoms with Crippen LogP contribution in [-0.2, 0) is 28.1 Å². The van der Waals surface area contributed by atoms with Gasteiger partial charge in [-0.15, -0.1) is 0 Å². The van der Waals surface area contributed by atoms with Crippen molar-refractivity contribution in [2.75, 3.05) is 0 Å². The summed E-state index contributed by atoms with van der Waals surface area (Å²) in [5.74, 6) is -0.341. The van der Waals surface area contributed by atoms with E-state index in [2.05, 4.69) is 48.1 Å². The Bertz CT molecular complexity index is 1080. The fourth-order valence-corrected chi connectivity index (χ4v) is 5.74. The number of hydrogen-bond acceptors (Lipinski definition) is 4.